The summed E-state index contributed by atoms with van der Waals surface area (Å²) in [6.45, 7) is 3.03. The van der Waals surface area contributed by atoms with Gasteiger partial charge < -0.3 is 19.5 Å². The summed E-state index contributed by atoms with van der Waals surface area (Å²) in [7, 11) is 0. The molecule has 1 N–H and O–H groups in total. The third-order valence-corrected chi connectivity index (χ3v) is 4.85. The molecule has 0 bridgehead atoms. The van der Waals surface area contributed by atoms with Crippen molar-refractivity contribution in [1.29, 1.82) is 0 Å². The van der Waals surface area contributed by atoms with E-state index in [0.29, 0.717) is 43.6 Å². The average molecular weight is 397 g/mol. The van der Waals surface area contributed by atoms with Crippen molar-refractivity contribution in [2.24, 2.45) is 0 Å². The number of likely N-dealkylation sites (tertiary alicyclic amines) is 1. The molecular formula is C18H22ClFN4O3. The van der Waals surface area contributed by atoms with E-state index in [1.54, 1.807) is 12.1 Å². The third kappa shape index (κ3) is 4.45. The van der Waals surface area contributed by atoms with Crippen LogP contribution in [0.1, 0.15) is 24.7 Å². The lowest BCUT2D eigenvalue weighted by atomic mass is 9.97. The molecule has 2 aliphatic heterocycles. The summed E-state index contributed by atoms with van der Waals surface area (Å²) < 4.78 is 23.9. The number of hydrogen-bond donors (Lipinski definition) is 1. The third-order valence-electron chi connectivity index (χ3n) is 4.85. The maximum atomic E-state index is 13.1. The standard InChI is InChI=1S/C18H21FN4O3.ClH/c19-14-5-3-12(4-6-14)16-21-17(26-22-16)13-2-1-8-23(10-13)18(24)15-11-25-9-7-20-15;/h3-6,13,15,20H,1-2,7-11H2;1H. The molecule has 0 radical (unpaired) electrons. The molecule has 9 heteroatoms. The predicted octanol–water partition coefficient (Wildman–Crippen LogP) is 1.99. The van der Waals surface area contributed by atoms with Gasteiger partial charge >= 0.3 is 0 Å². The van der Waals surface area contributed by atoms with Gasteiger partial charge in [0.05, 0.1) is 19.1 Å². The Labute approximate surface area is 162 Å². The van der Waals surface area contributed by atoms with Crippen LogP contribution in [-0.4, -0.2) is 59.8 Å². The molecule has 4 rings (SSSR count). The molecule has 3 heterocycles. The fourth-order valence-electron chi connectivity index (χ4n) is 3.44. The van der Waals surface area contributed by atoms with Gasteiger partial charge in [-0.3, -0.25) is 4.79 Å². The molecule has 2 saturated heterocycles. The zero-order chi connectivity index (χ0) is 17.9. The molecule has 1 aromatic heterocycles. The van der Waals surface area contributed by atoms with Crippen LogP contribution in [0.2, 0.25) is 0 Å². The fraction of sp³-hybridized carbons (Fsp3) is 0.500. The molecule has 146 valence electrons. The minimum Gasteiger partial charge on any atom is -0.378 e. The number of amides is 1. The van der Waals surface area contributed by atoms with E-state index in [4.69, 9.17) is 9.26 Å². The van der Waals surface area contributed by atoms with Crippen LogP contribution in [-0.2, 0) is 9.53 Å². The average Bonchev–Trinajstić information content (AvgIpc) is 3.19. The maximum absolute atomic E-state index is 13.1. The van der Waals surface area contributed by atoms with Crippen molar-refractivity contribution in [3.63, 3.8) is 0 Å². The predicted molar refractivity (Wildman–Crippen MR) is 98.1 cm³/mol. The van der Waals surface area contributed by atoms with Crippen LogP contribution in [0, 0.1) is 5.82 Å². The van der Waals surface area contributed by atoms with Crippen molar-refractivity contribution in [3.05, 3.63) is 36.0 Å². The Morgan fingerprint density at radius 3 is 2.85 bits per heavy atom. The SMILES string of the molecule is Cl.O=C(C1COCCN1)N1CCCC(c2nc(-c3ccc(F)cc3)no2)C1. The van der Waals surface area contributed by atoms with Crippen LogP contribution in [0.4, 0.5) is 4.39 Å². The number of morpholine rings is 1. The van der Waals surface area contributed by atoms with Crippen molar-refractivity contribution in [2.45, 2.75) is 24.8 Å². The summed E-state index contributed by atoms with van der Waals surface area (Å²) in [6.07, 6.45) is 1.78. The van der Waals surface area contributed by atoms with Gasteiger partial charge in [0.15, 0.2) is 0 Å². The largest absolute Gasteiger partial charge is 0.378 e. The maximum Gasteiger partial charge on any atom is 0.242 e. The Morgan fingerprint density at radius 2 is 2.11 bits per heavy atom. The Morgan fingerprint density at radius 1 is 1.30 bits per heavy atom. The number of nitrogens with zero attached hydrogens (tertiary/aromatic N) is 3. The van der Waals surface area contributed by atoms with Crippen molar-refractivity contribution >= 4 is 18.3 Å². The second-order valence-corrected chi connectivity index (χ2v) is 6.67. The highest BCUT2D eigenvalue weighted by Gasteiger charge is 2.32. The first-order chi connectivity index (χ1) is 12.7. The van der Waals surface area contributed by atoms with Crippen LogP contribution < -0.4 is 5.32 Å². The molecule has 0 spiro atoms. The first-order valence-electron chi connectivity index (χ1n) is 8.90. The number of hydrogen-bond acceptors (Lipinski definition) is 6. The highest BCUT2D eigenvalue weighted by Crippen LogP contribution is 2.28. The lowest BCUT2D eigenvalue weighted by Gasteiger charge is -2.34. The monoisotopic (exact) mass is 396 g/mol. The normalized spacial score (nSPS) is 22.9. The number of piperidine rings is 1. The molecule has 1 aromatic carbocycles. The van der Waals surface area contributed by atoms with E-state index in [-0.39, 0.29) is 36.1 Å². The van der Waals surface area contributed by atoms with Crippen molar-refractivity contribution < 1.29 is 18.4 Å². The second kappa shape index (κ2) is 8.77. The van der Waals surface area contributed by atoms with Crippen LogP contribution >= 0.6 is 12.4 Å². The minimum atomic E-state index is -0.306. The van der Waals surface area contributed by atoms with Crippen LogP contribution in [0.15, 0.2) is 28.8 Å². The Balaban J connectivity index is 0.00000210. The van der Waals surface area contributed by atoms with Crippen LogP contribution in [0.25, 0.3) is 11.4 Å². The molecule has 2 atom stereocenters. The first-order valence-corrected chi connectivity index (χ1v) is 8.90. The van der Waals surface area contributed by atoms with Crippen molar-refractivity contribution in [1.82, 2.24) is 20.4 Å². The summed E-state index contributed by atoms with van der Waals surface area (Å²) in [5.74, 6) is 0.728. The number of halogens is 2. The quantitative estimate of drug-likeness (QED) is 0.854. The number of nitrogens with one attached hydrogen (secondary N) is 1. The number of benzene rings is 1. The van der Waals surface area contributed by atoms with E-state index < -0.39 is 0 Å². The van der Waals surface area contributed by atoms with Crippen LogP contribution in [0.3, 0.4) is 0 Å². The second-order valence-electron chi connectivity index (χ2n) is 6.67. The zero-order valence-electron chi connectivity index (χ0n) is 14.8. The summed E-state index contributed by atoms with van der Waals surface area (Å²) in [5.41, 5.74) is 0.702. The zero-order valence-corrected chi connectivity index (χ0v) is 15.6. The van der Waals surface area contributed by atoms with Crippen LogP contribution in [0.5, 0.6) is 0 Å². The Hall–Kier alpha value is -2.03. The number of carbonyl (C=O) groups excluding carboxylic acids is 1. The van der Waals surface area contributed by atoms with E-state index in [1.807, 2.05) is 4.90 Å². The van der Waals surface area contributed by atoms with Gasteiger partial charge in [0.1, 0.15) is 11.9 Å². The number of rotatable bonds is 3. The molecule has 7 nitrogen and oxygen atoms in total. The van der Waals surface area contributed by atoms with Crippen molar-refractivity contribution in [3.8, 4) is 11.4 Å². The number of carbonyl (C=O) groups is 1. The van der Waals surface area contributed by atoms with E-state index in [9.17, 15) is 9.18 Å². The van der Waals surface area contributed by atoms with Gasteiger partial charge in [0.2, 0.25) is 17.6 Å². The van der Waals surface area contributed by atoms with Gasteiger partial charge in [0, 0.05) is 25.2 Å². The summed E-state index contributed by atoms with van der Waals surface area (Å²) >= 11 is 0. The molecule has 2 aromatic rings. The van der Waals surface area contributed by atoms with Gasteiger partial charge in [-0.15, -0.1) is 12.4 Å². The van der Waals surface area contributed by atoms with E-state index >= 15 is 0 Å². The van der Waals surface area contributed by atoms with Gasteiger partial charge in [-0.05, 0) is 37.1 Å². The number of ether oxygens (including phenoxy) is 1. The number of aromatic nitrogens is 2. The summed E-state index contributed by atoms with van der Waals surface area (Å²) in [5, 5.41) is 7.21. The molecule has 0 saturated carbocycles. The van der Waals surface area contributed by atoms with Crippen molar-refractivity contribution in [2.75, 3.05) is 32.8 Å². The molecular weight excluding hydrogens is 375 g/mol. The molecule has 27 heavy (non-hydrogen) atoms. The molecule has 2 unspecified atom stereocenters. The Kier molecular flexibility index (Phi) is 6.41. The van der Waals surface area contributed by atoms with E-state index in [0.717, 1.165) is 19.4 Å². The molecule has 1 amide bonds. The smallest absolute Gasteiger partial charge is 0.242 e. The van der Waals surface area contributed by atoms with Gasteiger partial charge in [-0.1, -0.05) is 5.16 Å². The van der Waals surface area contributed by atoms with Gasteiger partial charge in [0.25, 0.3) is 0 Å². The molecule has 2 fully saturated rings. The Bertz CT molecular complexity index is 764. The lowest BCUT2D eigenvalue weighted by Crippen LogP contribution is -2.54. The van der Waals surface area contributed by atoms with Gasteiger partial charge in [-0.25, -0.2) is 4.39 Å². The highest BCUT2D eigenvalue weighted by molar-refractivity contribution is 5.85. The fourth-order valence-corrected chi connectivity index (χ4v) is 3.44. The summed E-state index contributed by atoms with van der Waals surface area (Å²) in [6, 6.07) is 5.70. The highest BCUT2D eigenvalue weighted by atomic mass is 35.5. The van der Waals surface area contributed by atoms with E-state index in [2.05, 4.69) is 15.5 Å². The molecule has 0 aliphatic carbocycles. The minimum absolute atomic E-state index is 0. The topological polar surface area (TPSA) is 80.5 Å². The first kappa shape index (κ1) is 19.7. The molecule has 2 aliphatic rings. The van der Waals surface area contributed by atoms with E-state index in [1.165, 1.54) is 12.1 Å². The lowest BCUT2D eigenvalue weighted by molar-refractivity contribution is -0.137. The summed E-state index contributed by atoms with van der Waals surface area (Å²) in [4.78, 5) is 19.0. The van der Waals surface area contributed by atoms with Gasteiger partial charge in [-0.2, -0.15) is 4.98 Å².